The summed E-state index contributed by atoms with van der Waals surface area (Å²) in [7, 11) is 0. The van der Waals surface area contributed by atoms with E-state index < -0.39 is 29.2 Å². The van der Waals surface area contributed by atoms with Crippen molar-refractivity contribution < 1.29 is 28.4 Å². The number of ether oxygens (including phenoxy) is 1. The molecule has 0 saturated heterocycles. The Morgan fingerprint density at radius 1 is 1.03 bits per heavy atom. The van der Waals surface area contributed by atoms with E-state index in [9.17, 15) is 19.5 Å². The second-order valence-corrected chi connectivity index (χ2v) is 9.80. The highest BCUT2D eigenvalue weighted by molar-refractivity contribution is 6.06. The van der Waals surface area contributed by atoms with E-state index in [-0.39, 0.29) is 5.76 Å². The van der Waals surface area contributed by atoms with Gasteiger partial charge in [-0.25, -0.2) is 9.59 Å². The maximum Gasteiger partial charge on any atom is 0.412 e. The van der Waals surface area contributed by atoms with Crippen LogP contribution in [0.25, 0.3) is 33.1 Å². The molecule has 0 bridgehead atoms. The number of hydrogen-bond acceptors (Lipinski definition) is 7. The first-order valence-corrected chi connectivity index (χ1v) is 12.5. The molecule has 0 spiro atoms. The van der Waals surface area contributed by atoms with Gasteiger partial charge in [-0.3, -0.25) is 10.1 Å². The molecule has 39 heavy (non-hydrogen) atoms. The van der Waals surface area contributed by atoms with Gasteiger partial charge in [-0.15, -0.1) is 0 Å². The summed E-state index contributed by atoms with van der Waals surface area (Å²) in [6.45, 7) is 3.47. The van der Waals surface area contributed by atoms with Gasteiger partial charge in [0.05, 0.1) is 10.8 Å². The van der Waals surface area contributed by atoms with Gasteiger partial charge in [0, 0.05) is 10.9 Å². The summed E-state index contributed by atoms with van der Waals surface area (Å²) >= 11 is 0. The van der Waals surface area contributed by atoms with Crippen LogP contribution in [0, 0.1) is 6.92 Å². The SMILES string of the molecule is Cc1noc(-c2ccc3c(c2)oc(=O)c2cc(C4(C(=O)O)CC4)ccc23)c1NC(=O)OC(C)c1ccccc1. The molecular weight excluding hydrogens is 500 g/mol. The van der Waals surface area contributed by atoms with Crippen LogP contribution < -0.4 is 10.9 Å². The second kappa shape index (κ2) is 9.13. The lowest BCUT2D eigenvalue weighted by Gasteiger charge is -2.14. The maximum absolute atomic E-state index is 12.9. The molecule has 1 aliphatic rings. The lowest BCUT2D eigenvalue weighted by Crippen LogP contribution is -2.19. The predicted molar refractivity (Wildman–Crippen MR) is 144 cm³/mol. The summed E-state index contributed by atoms with van der Waals surface area (Å²) in [5.74, 6) is -0.601. The molecular formula is C30H24N2O7. The first kappa shape index (κ1) is 24.4. The molecule has 9 nitrogen and oxygen atoms in total. The lowest BCUT2D eigenvalue weighted by molar-refractivity contribution is -0.140. The number of aromatic nitrogens is 1. The van der Waals surface area contributed by atoms with Crippen molar-refractivity contribution in [2.75, 3.05) is 5.32 Å². The van der Waals surface area contributed by atoms with Crippen molar-refractivity contribution >= 4 is 39.5 Å². The van der Waals surface area contributed by atoms with Gasteiger partial charge >= 0.3 is 17.7 Å². The van der Waals surface area contributed by atoms with Crippen LogP contribution in [0.4, 0.5) is 10.5 Å². The number of hydrogen-bond donors (Lipinski definition) is 2. The molecule has 1 unspecified atom stereocenters. The lowest BCUT2D eigenvalue weighted by atomic mass is 9.93. The number of carboxylic acids is 1. The number of fused-ring (bicyclic) bond motifs is 3. The summed E-state index contributed by atoms with van der Waals surface area (Å²) in [5, 5.41) is 18.0. The Hall–Kier alpha value is -4.92. The van der Waals surface area contributed by atoms with E-state index in [0.29, 0.717) is 57.1 Å². The minimum absolute atomic E-state index is 0.286. The third-order valence-electron chi connectivity index (χ3n) is 7.33. The average Bonchev–Trinajstić information content (AvgIpc) is 3.68. The predicted octanol–water partition coefficient (Wildman–Crippen LogP) is 6.34. The molecule has 9 heteroatoms. The molecule has 2 N–H and O–H groups in total. The molecule has 1 saturated carbocycles. The van der Waals surface area contributed by atoms with E-state index in [0.717, 1.165) is 5.56 Å². The molecule has 1 amide bonds. The number of amides is 1. The summed E-state index contributed by atoms with van der Waals surface area (Å²) in [6.07, 6.45) is -0.0458. The number of anilines is 1. The summed E-state index contributed by atoms with van der Waals surface area (Å²) < 4.78 is 16.7. The van der Waals surface area contributed by atoms with Gasteiger partial charge < -0.3 is 18.8 Å². The van der Waals surface area contributed by atoms with Crippen LogP contribution in [0.15, 0.2) is 80.5 Å². The molecule has 2 heterocycles. The number of carbonyl (C=O) groups is 2. The van der Waals surface area contributed by atoms with Gasteiger partial charge in [-0.05, 0) is 61.4 Å². The number of rotatable bonds is 6. The number of nitrogens with one attached hydrogen (secondary N) is 1. The standard InChI is InChI=1S/C30H24N2O7/c1-16-25(31-29(36)37-17(2)18-6-4-3-5-7-18)26(39-32-16)19-8-10-22-21-11-9-20(30(12-13-30)28(34)35)15-23(21)27(33)38-24(22)14-19/h3-11,14-15,17H,12-13H2,1-2H3,(H,31,36)(H,34,35). The van der Waals surface area contributed by atoms with Crippen molar-refractivity contribution in [2.45, 2.75) is 38.2 Å². The van der Waals surface area contributed by atoms with E-state index >= 15 is 0 Å². The minimum Gasteiger partial charge on any atom is -0.481 e. The van der Waals surface area contributed by atoms with Crippen LogP contribution in [0.2, 0.25) is 0 Å². The molecule has 1 fully saturated rings. The van der Waals surface area contributed by atoms with Gasteiger partial charge in [0.1, 0.15) is 23.1 Å². The fraction of sp³-hybridized carbons (Fsp3) is 0.200. The Labute approximate surface area is 222 Å². The van der Waals surface area contributed by atoms with Crippen LogP contribution in [-0.2, 0) is 14.9 Å². The summed E-state index contributed by atoms with van der Waals surface area (Å²) in [6, 6.07) is 19.7. The van der Waals surface area contributed by atoms with Gasteiger partial charge in [-0.1, -0.05) is 53.7 Å². The summed E-state index contributed by atoms with van der Waals surface area (Å²) in [5.41, 5.74) is 1.62. The Morgan fingerprint density at radius 3 is 2.49 bits per heavy atom. The van der Waals surface area contributed by atoms with Crippen LogP contribution in [-0.4, -0.2) is 22.3 Å². The number of carboxylic acid groups (broad SMARTS) is 1. The van der Waals surface area contributed by atoms with Crippen LogP contribution in [0.5, 0.6) is 0 Å². The quantitative estimate of drug-likeness (QED) is 0.194. The van der Waals surface area contributed by atoms with E-state index in [2.05, 4.69) is 10.5 Å². The highest BCUT2D eigenvalue weighted by Crippen LogP contribution is 2.49. The Morgan fingerprint density at radius 2 is 1.77 bits per heavy atom. The molecule has 2 aromatic heterocycles. The van der Waals surface area contributed by atoms with Crippen molar-refractivity contribution in [3.05, 3.63) is 94.0 Å². The normalized spacial score (nSPS) is 14.7. The Bertz CT molecular complexity index is 1820. The Kier molecular flexibility index (Phi) is 5.71. The van der Waals surface area contributed by atoms with Gasteiger partial charge in [0.25, 0.3) is 0 Å². The number of carbonyl (C=O) groups excluding carboxylic acids is 1. The van der Waals surface area contributed by atoms with Gasteiger partial charge in [0.2, 0.25) is 0 Å². The van der Waals surface area contributed by atoms with Crippen molar-refractivity contribution in [1.82, 2.24) is 5.16 Å². The fourth-order valence-corrected chi connectivity index (χ4v) is 4.92. The number of aliphatic carboxylic acids is 1. The third-order valence-corrected chi connectivity index (χ3v) is 7.33. The highest BCUT2D eigenvalue weighted by Gasteiger charge is 2.51. The topological polar surface area (TPSA) is 132 Å². The average molecular weight is 525 g/mol. The van der Waals surface area contributed by atoms with E-state index in [4.69, 9.17) is 13.7 Å². The van der Waals surface area contributed by atoms with E-state index in [1.54, 1.807) is 50.2 Å². The zero-order chi connectivity index (χ0) is 27.3. The smallest absolute Gasteiger partial charge is 0.412 e. The first-order chi connectivity index (χ1) is 18.8. The van der Waals surface area contributed by atoms with Gasteiger partial charge in [0.15, 0.2) is 5.76 Å². The third kappa shape index (κ3) is 4.21. The number of benzene rings is 3. The Balaban J connectivity index is 1.32. The minimum atomic E-state index is -0.924. The molecule has 0 aliphatic heterocycles. The van der Waals surface area contributed by atoms with E-state index in [1.807, 2.05) is 30.3 Å². The van der Waals surface area contributed by atoms with Gasteiger partial charge in [-0.2, -0.15) is 0 Å². The molecule has 196 valence electrons. The second-order valence-electron chi connectivity index (χ2n) is 9.80. The zero-order valence-corrected chi connectivity index (χ0v) is 21.2. The van der Waals surface area contributed by atoms with Crippen molar-refractivity contribution in [2.24, 2.45) is 0 Å². The monoisotopic (exact) mass is 524 g/mol. The van der Waals surface area contributed by atoms with Crippen molar-refractivity contribution in [3.8, 4) is 11.3 Å². The van der Waals surface area contributed by atoms with Crippen molar-refractivity contribution in [3.63, 3.8) is 0 Å². The highest BCUT2D eigenvalue weighted by atomic mass is 16.6. The van der Waals surface area contributed by atoms with Crippen molar-refractivity contribution in [1.29, 1.82) is 0 Å². The molecule has 1 atom stereocenters. The molecule has 6 rings (SSSR count). The number of aryl methyl sites for hydroxylation is 1. The van der Waals surface area contributed by atoms with Crippen LogP contribution >= 0.6 is 0 Å². The number of nitrogens with zero attached hydrogens (tertiary/aromatic N) is 1. The van der Waals surface area contributed by atoms with E-state index in [1.165, 1.54) is 0 Å². The zero-order valence-electron chi connectivity index (χ0n) is 21.2. The fourth-order valence-electron chi connectivity index (χ4n) is 4.92. The maximum atomic E-state index is 12.9. The molecule has 5 aromatic rings. The molecule has 3 aromatic carbocycles. The largest absolute Gasteiger partial charge is 0.481 e. The first-order valence-electron chi connectivity index (χ1n) is 12.5. The van der Waals surface area contributed by atoms with Crippen LogP contribution in [0.3, 0.4) is 0 Å². The summed E-state index contributed by atoms with van der Waals surface area (Å²) in [4.78, 5) is 37.4. The molecule has 0 radical (unpaired) electrons. The van der Waals surface area contributed by atoms with Crippen LogP contribution in [0.1, 0.15) is 42.7 Å². The molecule has 1 aliphatic carbocycles.